The molecule has 3 heterocycles. The van der Waals surface area contributed by atoms with Gasteiger partial charge in [0.1, 0.15) is 28.5 Å². The summed E-state index contributed by atoms with van der Waals surface area (Å²) in [7, 11) is 1.37. The van der Waals surface area contributed by atoms with Gasteiger partial charge >= 0.3 is 5.97 Å². The summed E-state index contributed by atoms with van der Waals surface area (Å²) in [5.41, 5.74) is 5.86. The Labute approximate surface area is 256 Å². The number of ether oxygens (including phenoxy) is 2. The van der Waals surface area contributed by atoms with Gasteiger partial charge in [-0.15, -0.1) is 0 Å². The fourth-order valence-corrected chi connectivity index (χ4v) is 6.22. The number of anilines is 1. The lowest BCUT2D eigenvalue weighted by molar-refractivity contribution is 0.0598. The first-order valence-electron chi connectivity index (χ1n) is 14.7. The second-order valence-corrected chi connectivity index (χ2v) is 12.6. The van der Waals surface area contributed by atoms with Crippen molar-refractivity contribution in [3.63, 3.8) is 0 Å². The third kappa shape index (κ3) is 6.40. The van der Waals surface area contributed by atoms with Gasteiger partial charge in [0.15, 0.2) is 0 Å². The topological polar surface area (TPSA) is 70.7 Å². The highest BCUT2D eigenvalue weighted by Gasteiger charge is 2.30. The third-order valence-electron chi connectivity index (χ3n) is 8.58. The van der Waals surface area contributed by atoms with Crippen molar-refractivity contribution in [3.05, 3.63) is 88.5 Å². The van der Waals surface area contributed by atoms with Crippen molar-refractivity contribution >= 4 is 39.9 Å². The SMILES string of the molecule is COC(=O)c1ccc(N2CCN(CC3=C(c4ccc(Cl)c(F)c4)CC(C)(C)CC3)CC2)cc1Oc1cnc2[nH]ccc2c1. The minimum absolute atomic E-state index is 0.156. The molecule has 1 aliphatic heterocycles. The van der Waals surface area contributed by atoms with E-state index in [2.05, 4.69) is 33.6 Å². The highest BCUT2D eigenvalue weighted by atomic mass is 35.5. The van der Waals surface area contributed by atoms with Gasteiger partial charge in [-0.05, 0) is 72.2 Å². The van der Waals surface area contributed by atoms with Crippen LogP contribution >= 0.6 is 11.6 Å². The average molecular weight is 603 g/mol. The molecule has 0 unspecified atom stereocenters. The highest BCUT2D eigenvalue weighted by Crippen LogP contribution is 2.43. The van der Waals surface area contributed by atoms with E-state index in [4.69, 9.17) is 21.1 Å². The van der Waals surface area contributed by atoms with Crippen LogP contribution in [0.2, 0.25) is 5.02 Å². The number of carbonyl (C=O) groups is 1. The fraction of sp³-hybridized carbons (Fsp3) is 0.353. The van der Waals surface area contributed by atoms with Gasteiger partial charge in [-0.2, -0.15) is 0 Å². The minimum atomic E-state index is -0.456. The summed E-state index contributed by atoms with van der Waals surface area (Å²) in [5, 5.41) is 1.08. The standard InChI is InChI=1S/C34H36ClFN4O3/c1-34(2)10-8-24(28(19-34)22-4-7-29(35)30(36)17-22)21-39-12-14-40(15-13-39)25-5-6-27(33(41)42-3)31(18-25)43-26-16-23-9-11-37-32(23)38-20-26/h4-7,9,11,16-18,20H,8,10,12-15,19,21H2,1-3H3,(H,37,38). The van der Waals surface area contributed by atoms with Crippen LogP contribution in [0.4, 0.5) is 10.1 Å². The van der Waals surface area contributed by atoms with E-state index in [9.17, 15) is 9.18 Å². The average Bonchev–Trinajstić information content (AvgIpc) is 3.47. The predicted octanol–water partition coefficient (Wildman–Crippen LogP) is 7.72. The van der Waals surface area contributed by atoms with E-state index in [1.165, 1.54) is 18.3 Å². The number of esters is 1. The molecule has 1 aliphatic carbocycles. The lowest BCUT2D eigenvalue weighted by Gasteiger charge is -2.39. The Hall–Kier alpha value is -3.88. The van der Waals surface area contributed by atoms with Crippen LogP contribution in [0, 0.1) is 11.2 Å². The lowest BCUT2D eigenvalue weighted by atomic mass is 9.72. The number of benzene rings is 2. The van der Waals surface area contributed by atoms with Gasteiger partial charge in [-0.1, -0.05) is 37.1 Å². The summed E-state index contributed by atoms with van der Waals surface area (Å²) >= 11 is 5.99. The Morgan fingerprint density at radius 3 is 2.67 bits per heavy atom. The van der Waals surface area contributed by atoms with E-state index in [1.807, 2.05) is 36.5 Å². The van der Waals surface area contributed by atoms with Crippen molar-refractivity contribution in [2.45, 2.75) is 33.1 Å². The molecule has 2 aliphatic rings. The van der Waals surface area contributed by atoms with Crippen molar-refractivity contribution < 1.29 is 18.7 Å². The number of pyridine rings is 1. The molecule has 6 rings (SSSR count). The number of halogens is 2. The van der Waals surface area contributed by atoms with E-state index in [0.29, 0.717) is 17.1 Å². The van der Waals surface area contributed by atoms with Crippen molar-refractivity contribution in [1.29, 1.82) is 0 Å². The van der Waals surface area contributed by atoms with Gasteiger partial charge in [0, 0.05) is 56.1 Å². The van der Waals surface area contributed by atoms with Crippen LogP contribution in [0.5, 0.6) is 11.5 Å². The van der Waals surface area contributed by atoms with Crippen molar-refractivity contribution in [1.82, 2.24) is 14.9 Å². The number of rotatable bonds is 7. The summed E-state index contributed by atoms with van der Waals surface area (Å²) in [5.74, 6) is 0.144. The fourth-order valence-electron chi connectivity index (χ4n) is 6.10. The highest BCUT2D eigenvalue weighted by molar-refractivity contribution is 6.30. The van der Waals surface area contributed by atoms with Crippen LogP contribution in [0.3, 0.4) is 0 Å². The Balaban J connectivity index is 1.18. The number of methoxy groups -OCH3 is 1. The Kier molecular flexibility index (Phi) is 8.16. The number of H-pyrrole nitrogens is 1. The molecule has 0 bridgehead atoms. The zero-order valence-corrected chi connectivity index (χ0v) is 25.5. The van der Waals surface area contributed by atoms with Crippen LogP contribution in [-0.2, 0) is 4.74 Å². The summed E-state index contributed by atoms with van der Waals surface area (Å²) < 4.78 is 25.6. The van der Waals surface area contributed by atoms with Crippen LogP contribution < -0.4 is 9.64 Å². The van der Waals surface area contributed by atoms with Gasteiger partial charge in [-0.25, -0.2) is 14.2 Å². The maximum absolute atomic E-state index is 14.4. The maximum Gasteiger partial charge on any atom is 0.341 e. The normalized spacial score (nSPS) is 17.4. The molecule has 4 aromatic rings. The summed E-state index contributed by atoms with van der Waals surface area (Å²) in [4.78, 5) is 24.8. The van der Waals surface area contributed by atoms with Gasteiger partial charge in [0.2, 0.25) is 0 Å². The molecule has 43 heavy (non-hydrogen) atoms. The van der Waals surface area contributed by atoms with Crippen molar-refractivity contribution in [2.75, 3.05) is 44.7 Å². The Morgan fingerprint density at radius 2 is 1.91 bits per heavy atom. The van der Waals surface area contributed by atoms with Crippen LogP contribution in [0.25, 0.3) is 16.6 Å². The smallest absolute Gasteiger partial charge is 0.341 e. The van der Waals surface area contributed by atoms with Gasteiger partial charge in [-0.3, -0.25) is 4.90 Å². The number of nitrogens with zero attached hydrogens (tertiary/aromatic N) is 3. The van der Waals surface area contributed by atoms with Crippen LogP contribution in [-0.4, -0.2) is 60.7 Å². The number of allylic oxidation sites excluding steroid dienone is 1. The molecule has 9 heteroatoms. The lowest BCUT2D eigenvalue weighted by Crippen LogP contribution is -2.47. The number of aromatic amines is 1. The van der Waals surface area contributed by atoms with Crippen molar-refractivity contribution in [2.24, 2.45) is 5.41 Å². The quantitative estimate of drug-likeness (QED) is 0.218. The number of nitrogens with one attached hydrogen (secondary N) is 1. The summed E-state index contributed by atoms with van der Waals surface area (Å²) in [6.07, 6.45) is 6.51. The molecule has 2 aromatic heterocycles. The molecular formula is C34H36ClFN4O3. The zero-order valence-electron chi connectivity index (χ0n) is 24.8. The molecule has 1 fully saturated rings. The number of aromatic nitrogens is 2. The molecule has 0 saturated carbocycles. The Morgan fingerprint density at radius 1 is 1.09 bits per heavy atom. The summed E-state index contributed by atoms with van der Waals surface area (Å²) in [6, 6.07) is 14.6. The molecule has 7 nitrogen and oxygen atoms in total. The van der Waals surface area contributed by atoms with E-state index in [0.717, 1.165) is 74.3 Å². The number of hydrogen-bond acceptors (Lipinski definition) is 6. The second kappa shape index (κ2) is 12.0. The molecular weight excluding hydrogens is 567 g/mol. The monoisotopic (exact) mass is 602 g/mol. The molecule has 1 saturated heterocycles. The van der Waals surface area contributed by atoms with Crippen LogP contribution in [0.15, 0.2) is 66.5 Å². The van der Waals surface area contributed by atoms with Gasteiger partial charge in [0.05, 0.1) is 18.3 Å². The maximum atomic E-state index is 14.4. The second-order valence-electron chi connectivity index (χ2n) is 12.2. The molecule has 0 spiro atoms. The van der Waals surface area contributed by atoms with E-state index >= 15 is 0 Å². The molecule has 1 N–H and O–H groups in total. The minimum Gasteiger partial charge on any atom is -0.465 e. The molecule has 0 atom stereocenters. The molecule has 2 aromatic carbocycles. The van der Waals surface area contributed by atoms with Crippen LogP contribution in [0.1, 0.15) is 49.0 Å². The predicted molar refractivity (Wildman–Crippen MR) is 169 cm³/mol. The third-order valence-corrected chi connectivity index (χ3v) is 8.89. The molecule has 0 radical (unpaired) electrons. The largest absolute Gasteiger partial charge is 0.465 e. The van der Waals surface area contributed by atoms with Gasteiger partial charge < -0.3 is 19.4 Å². The van der Waals surface area contributed by atoms with E-state index < -0.39 is 5.97 Å². The van der Waals surface area contributed by atoms with E-state index in [1.54, 1.807) is 24.4 Å². The number of hydrogen-bond donors (Lipinski definition) is 1. The number of carbonyl (C=O) groups excluding carboxylic acids is 1. The Bertz CT molecular complexity index is 1690. The number of fused-ring (bicyclic) bond motifs is 1. The van der Waals surface area contributed by atoms with Crippen molar-refractivity contribution in [3.8, 4) is 11.5 Å². The first kappa shape index (κ1) is 29.2. The first-order chi connectivity index (χ1) is 20.7. The van der Waals surface area contributed by atoms with Gasteiger partial charge in [0.25, 0.3) is 0 Å². The number of piperazine rings is 1. The zero-order chi connectivity index (χ0) is 30.1. The van der Waals surface area contributed by atoms with E-state index in [-0.39, 0.29) is 16.3 Å². The first-order valence-corrected chi connectivity index (χ1v) is 15.0. The molecule has 224 valence electrons. The summed E-state index contributed by atoms with van der Waals surface area (Å²) in [6.45, 7) is 8.87. The molecule has 0 amide bonds.